The molecule has 1 saturated carbocycles. The van der Waals surface area contributed by atoms with E-state index >= 15 is 0 Å². The van der Waals surface area contributed by atoms with Crippen LogP contribution in [0.25, 0.3) is 0 Å². The molecule has 1 saturated heterocycles. The molecule has 2 N–H and O–H groups in total. The lowest BCUT2D eigenvalue weighted by Gasteiger charge is -2.31. The van der Waals surface area contributed by atoms with Crippen molar-refractivity contribution in [3.05, 3.63) is 0 Å². The topological polar surface area (TPSA) is 52.6 Å². The van der Waals surface area contributed by atoms with Gasteiger partial charge in [-0.2, -0.15) is 0 Å². The third-order valence-electron chi connectivity index (χ3n) is 3.96. The third kappa shape index (κ3) is 3.35. The van der Waals surface area contributed by atoms with Crippen LogP contribution in [-0.2, 0) is 0 Å². The Hall–Kier alpha value is -0.770. The molecule has 0 radical (unpaired) electrons. The number of rotatable bonds is 4. The van der Waals surface area contributed by atoms with E-state index in [-0.39, 0.29) is 18.6 Å². The number of aliphatic hydroxyl groups is 1. The lowest BCUT2D eigenvalue weighted by molar-refractivity contribution is 0.129. The van der Waals surface area contributed by atoms with Crippen LogP contribution in [-0.4, -0.2) is 41.8 Å². The first kappa shape index (κ1) is 12.7. The Morgan fingerprint density at radius 3 is 3.06 bits per heavy atom. The zero-order valence-corrected chi connectivity index (χ0v) is 10.7. The molecule has 3 unspecified atom stereocenters. The molecule has 2 aliphatic rings. The monoisotopic (exact) mass is 240 g/mol. The fourth-order valence-corrected chi connectivity index (χ4v) is 2.76. The molecular weight excluding hydrogens is 216 g/mol. The van der Waals surface area contributed by atoms with E-state index in [2.05, 4.69) is 12.2 Å². The number of amides is 2. The molecule has 98 valence electrons. The van der Waals surface area contributed by atoms with Crippen molar-refractivity contribution in [2.45, 2.75) is 45.1 Å². The molecule has 4 heteroatoms. The van der Waals surface area contributed by atoms with E-state index in [1.165, 1.54) is 12.8 Å². The Kier molecular flexibility index (Phi) is 4.26. The summed E-state index contributed by atoms with van der Waals surface area (Å²) in [6, 6.07) is 0.490. The maximum Gasteiger partial charge on any atom is 0.317 e. The number of hydrogen-bond acceptors (Lipinski definition) is 2. The Labute approximate surface area is 103 Å². The second-order valence-electron chi connectivity index (χ2n) is 5.48. The van der Waals surface area contributed by atoms with Crippen molar-refractivity contribution in [2.24, 2.45) is 11.8 Å². The summed E-state index contributed by atoms with van der Waals surface area (Å²) in [7, 11) is 0. The van der Waals surface area contributed by atoms with Crippen molar-refractivity contribution >= 4 is 6.03 Å². The van der Waals surface area contributed by atoms with Gasteiger partial charge in [0.15, 0.2) is 0 Å². The van der Waals surface area contributed by atoms with Crippen molar-refractivity contribution in [2.75, 3.05) is 19.7 Å². The summed E-state index contributed by atoms with van der Waals surface area (Å²) in [5.41, 5.74) is 0. The van der Waals surface area contributed by atoms with Gasteiger partial charge in [-0.15, -0.1) is 0 Å². The van der Waals surface area contributed by atoms with Crippen LogP contribution >= 0.6 is 0 Å². The number of carbonyl (C=O) groups excluding carboxylic acids is 1. The van der Waals surface area contributed by atoms with Crippen molar-refractivity contribution < 1.29 is 9.90 Å². The van der Waals surface area contributed by atoms with Crippen molar-refractivity contribution in [3.8, 4) is 0 Å². The zero-order valence-electron chi connectivity index (χ0n) is 10.7. The molecule has 0 aromatic carbocycles. The first-order chi connectivity index (χ1) is 8.24. The SMILES string of the molecule is CCCC1CC1NC(=O)N1CCCC(CO)C1. The summed E-state index contributed by atoms with van der Waals surface area (Å²) in [6.45, 7) is 3.94. The standard InChI is InChI=1S/C13H24N2O2/c1-2-4-11-7-12(11)14-13(17)15-6-3-5-10(8-15)9-16/h10-12,16H,2-9H2,1H3,(H,14,17). The van der Waals surface area contributed by atoms with E-state index < -0.39 is 0 Å². The minimum atomic E-state index is 0.0757. The first-order valence-electron chi connectivity index (χ1n) is 6.91. The maximum atomic E-state index is 12.0. The Balaban J connectivity index is 1.73. The number of likely N-dealkylation sites (tertiary alicyclic amines) is 1. The highest BCUT2D eigenvalue weighted by Crippen LogP contribution is 2.34. The lowest BCUT2D eigenvalue weighted by Crippen LogP contribution is -2.47. The second-order valence-corrected chi connectivity index (χ2v) is 5.48. The average molecular weight is 240 g/mol. The van der Waals surface area contributed by atoms with Gasteiger partial charge in [-0.3, -0.25) is 0 Å². The first-order valence-corrected chi connectivity index (χ1v) is 6.91. The average Bonchev–Trinajstić information content (AvgIpc) is 3.08. The molecule has 1 aliphatic carbocycles. The summed E-state index contributed by atoms with van der Waals surface area (Å²) in [5.74, 6) is 0.988. The molecule has 1 aliphatic heterocycles. The van der Waals surface area contributed by atoms with E-state index in [9.17, 15) is 4.79 Å². The molecule has 0 spiro atoms. The van der Waals surface area contributed by atoms with Crippen LogP contribution in [0, 0.1) is 11.8 Å². The van der Waals surface area contributed by atoms with Crippen LogP contribution in [0.15, 0.2) is 0 Å². The fraction of sp³-hybridized carbons (Fsp3) is 0.923. The summed E-state index contributed by atoms with van der Waals surface area (Å²) < 4.78 is 0. The number of carbonyl (C=O) groups is 1. The molecule has 2 fully saturated rings. The van der Waals surface area contributed by atoms with E-state index in [4.69, 9.17) is 5.11 Å². The van der Waals surface area contributed by atoms with Crippen LogP contribution in [0.1, 0.15) is 39.0 Å². The number of hydrogen-bond donors (Lipinski definition) is 2. The van der Waals surface area contributed by atoms with E-state index in [1.807, 2.05) is 4.90 Å². The Morgan fingerprint density at radius 1 is 1.53 bits per heavy atom. The largest absolute Gasteiger partial charge is 0.396 e. The van der Waals surface area contributed by atoms with Gasteiger partial charge in [0, 0.05) is 25.7 Å². The molecule has 3 atom stereocenters. The molecule has 0 aromatic rings. The minimum Gasteiger partial charge on any atom is -0.396 e. The van der Waals surface area contributed by atoms with Crippen molar-refractivity contribution in [3.63, 3.8) is 0 Å². The van der Waals surface area contributed by atoms with E-state index in [0.29, 0.717) is 18.5 Å². The number of nitrogens with zero attached hydrogens (tertiary/aromatic N) is 1. The fourth-order valence-electron chi connectivity index (χ4n) is 2.76. The Bertz CT molecular complexity index is 270. The maximum absolute atomic E-state index is 12.0. The van der Waals surface area contributed by atoms with Crippen molar-refractivity contribution in [1.82, 2.24) is 10.2 Å². The summed E-state index contributed by atoms with van der Waals surface area (Å²) >= 11 is 0. The van der Waals surface area contributed by atoms with Gasteiger partial charge in [0.2, 0.25) is 0 Å². The third-order valence-corrected chi connectivity index (χ3v) is 3.96. The normalized spacial score (nSPS) is 32.4. The highest BCUT2D eigenvalue weighted by molar-refractivity contribution is 5.75. The zero-order chi connectivity index (χ0) is 12.3. The molecular formula is C13H24N2O2. The predicted octanol–water partition coefficient (Wildman–Crippen LogP) is 1.59. The summed E-state index contributed by atoms with van der Waals surface area (Å²) in [5, 5.41) is 12.2. The van der Waals surface area contributed by atoms with Crippen molar-refractivity contribution in [1.29, 1.82) is 0 Å². The van der Waals surface area contributed by atoms with Gasteiger partial charge >= 0.3 is 6.03 Å². The van der Waals surface area contributed by atoms with Gasteiger partial charge in [0.1, 0.15) is 0 Å². The van der Waals surface area contributed by atoms with Gasteiger partial charge in [0.05, 0.1) is 0 Å². The summed E-state index contributed by atoms with van der Waals surface area (Å²) in [4.78, 5) is 13.9. The predicted molar refractivity (Wildman–Crippen MR) is 66.7 cm³/mol. The number of nitrogens with one attached hydrogen (secondary N) is 1. The van der Waals surface area contributed by atoms with Gasteiger partial charge in [-0.25, -0.2) is 4.79 Å². The number of piperidine rings is 1. The molecule has 4 nitrogen and oxygen atoms in total. The summed E-state index contributed by atoms with van der Waals surface area (Å²) in [6.07, 6.45) is 5.64. The Morgan fingerprint density at radius 2 is 2.35 bits per heavy atom. The highest BCUT2D eigenvalue weighted by atomic mass is 16.3. The number of urea groups is 1. The van der Waals surface area contributed by atoms with Gasteiger partial charge < -0.3 is 15.3 Å². The minimum absolute atomic E-state index is 0.0757. The lowest BCUT2D eigenvalue weighted by atomic mass is 9.99. The van der Waals surface area contributed by atoms with Gasteiger partial charge in [-0.05, 0) is 37.5 Å². The van der Waals surface area contributed by atoms with Crippen LogP contribution in [0.4, 0.5) is 4.79 Å². The van der Waals surface area contributed by atoms with Crippen LogP contribution in [0.3, 0.4) is 0 Å². The van der Waals surface area contributed by atoms with E-state index in [1.54, 1.807) is 0 Å². The van der Waals surface area contributed by atoms with Gasteiger partial charge in [-0.1, -0.05) is 13.3 Å². The molecule has 0 bridgehead atoms. The molecule has 17 heavy (non-hydrogen) atoms. The van der Waals surface area contributed by atoms with Gasteiger partial charge in [0.25, 0.3) is 0 Å². The van der Waals surface area contributed by atoms with Crippen LogP contribution in [0.2, 0.25) is 0 Å². The molecule has 1 heterocycles. The number of aliphatic hydroxyl groups excluding tert-OH is 1. The quantitative estimate of drug-likeness (QED) is 0.784. The molecule has 0 aromatic heterocycles. The molecule has 2 amide bonds. The van der Waals surface area contributed by atoms with Crippen LogP contribution < -0.4 is 5.32 Å². The van der Waals surface area contributed by atoms with Crippen LogP contribution in [0.5, 0.6) is 0 Å². The smallest absolute Gasteiger partial charge is 0.317 e. The second kappa shape index (κ2) is 5.71. The van der Waals surface area contributed by atoms with E-state index in [0.717, 1.165) is 25.8 Å². The highest BCUT2D eigenvalue weighted by Gasteiger charge is 2.38. The molecule has 2 rings (SSSR count).